The lowest BCUT2D eigenvalue weighted by Crippen LogP contribution is -2.28. The van der Waals surface area contributed by atoms with Gasteiger partial charge in [0.25, 0.3) is 5.91 Å². The van der Waals surface area contributed by atoms with Crippen LogP contribution < -0.4 is 10.6 Å². The van der Waals surface area contributed by atoms with Crippen LogP contribution in [0.25, 0.3) is 0 Å². The quantitative estimate of drug-likeness (QED) is 0.581. The van der Waals surface area contributed by atoms with Crippen LogP contribution in [-0.4, -0.2) is 37.3 Å². The van der Waals surface area contributed by atoms with E-state index < -0.39 is 0 Å². The maximum atomic E-state index is 12.4. The number of hydrogen-bond donors (Lipinski definition) is 2. The van der Waals surface area contributed by atoms with Crippen LogP contribution in [0.5, 0.6) is 0 Å². The second-order valence-corrected chi connectivity index (χ2v) is 7.46. The molecule has 0 radical (unpaired) electrons. The van der Waals surface area contributed by atoms with E-state index in [1.54, 1.807) is 41.1 Å². The van der Waals surface area contributed by atoms with E-state index in [1.807, 2.05) is 33.0 Å². The number of carbonyl (C=O) groups excluding carboxylic acids is 2. The molecule has 9 heteroatoms. The number of nitrogens with zero attached hydrogens (tertiary/aromatic N) is 4. The Balaban J connectivity index is 1.57. The molecule has 0 unspecified atom stereocenters. The Morgan fingerprint density at radius 2 is 1.90 bits per heavy atom. The lowest BCUT2D eigenvalue weighted by Gasteiger charge is -2.13. The van der Waals surface area contributed by atoms with Gasteiger partial charge in [0, 0.05) is 18.8 Å². The molecule has 2 N–H and O–H groups in total. The van der Waals surface area contributed by atoms with Gasteiger partial charge in [-0.3, -0.25) is 9.59 Å². The van der Waals surface area contributed by atoms with E-state index in [4.69, 9.17) is 0 Å². The van der Waals surface area contributed by atoms with Crippen LogP contribution in [0, 0.1) is 6.92 Å². The van der Waals surface area contributed by atoms with E-state index in [-0.39, 0.29) is 23.6 Å². The predicted molar refractivity (Wildman–Crippen MR) is 112 cm³/mol. The van der Waals surface area contributed by atoms with Crippen LogP contribution in [0.1, 0.15) is 34.7 Å². The third-order valence-electron chi connectivity index (χ3n) is 4.18. The van der Waals surface area contributed by atoms with Crippen molar-refractivity contribution in [3.8, 4) is 0 Å². The van der Waals surface area contributed by atoms with E-state index in [2.05, 4.69) is 25.8 Å². The zero-order chi connectivity index (χ0) is 20.8. The minimum Gasteiger partial charge on any atom is -0.342 e. The Labute approximate surface area is 173 Å². The molecule has 0 aliphatic carbocycles. The number of amides is 2. The summed E-state index contributed by atoms with van der Waals surface area (Å²) in [6, 6.07) is 12.3. The number of anilines is 1. The van der Waals surface area contributed by atoms with Gasteiger partial charge in [0.15, 0.2) is 11.0 Å². The first-order chi connectivity index (χ1) is 13.9. The molecule has 0 bridgehead atoms. The summed E-state index contributed by atoms with van der Waals surface area (Å²) in [6.07, 6.45) is 1.62. The lowest BCUT2D eigenvalue weighted by atomic mass is 10.1. The smallest absolute Gasteiger partial charge is 0.251 e. The van der Waals surface area contributed by atoms with Crippen molar-refractivity contribution < 1.29 is 9.59 Å². The van der Waals surface area contributed by atoms with Crippen LogP contribution in [0.4, 0.5) is 5.82 Å². The molecular formula is C20H22N6O2S. The fourth-order valence-corrected chi connectivity index (χ4v) is 3.34. The molecule has 0 fully saturated rings. The number of nitrogens with one attached hydrogen (secondary N) is 2. The summed E-state index contributed by atoms with van der Waals surface area (Å²) in [4.78, 5) is 28.6. The first-order valence-electron chi connectivity index (χ1n) is 9.04. The standard InChI is InChI=1S/C20H22N6O2S/c1-13-7-9-15(10-8-13)19(28)22-14(2)18-24-25-20(26(18)3)29-12-17(27)23-16-6-4-5-11-21-16/h4-11,14H,12H2,1-3H3,(H,22,28)(H,21,23,27)/t14-/m1/s1. The van der Waals surface area contributed by atoms with Crippen molar-refractivity contribution in [3.05, 3.63) is 65.6 Å². The van der Waals surface area contributed by atoms with Gasteiger partial charge in [-0.1, -0.05) is 35.5 Å². The maximum absolute atomic E-state index is 12.4. The molecule has 1 atom stereocenters. The van der Waals surface area contributed by atoms with Gasteiger partial charge in [0.2, 0.25) is 5.91 Å². The molecule has 8 nitrogen and oxygen atoms in total. The summed E-state index contributed by atoms with van der Waals surface area (Å²) in [5, 5.41) is 14.5. The molecule has 0 saturated heterocycles. The lowest BCUT2D eigenvalue weighted by molar-refractivity contribution is -0.113. The number of hydrogen-bond acceptors (Lipinski definition) is 6. The summed E-state index contributed by atoms with van der Waals surface area (Å²) < 4.78 is 1.78. The fraction of sp³-hybridized carbons (Fsp3) is 0.250. The van der Waals surface area contributed by atoms with Crippen LogP contribution in [0.3, 0.4) is 0 Å². The van der Waals surface area contributed by atoms with Crippen LogP contribution in [0.15, 0.2) is 53.8 Å². The number of rotatable bonds is 7. The zero-order valence-electron chi connectivity index (χ0n) is 16.4. The Hall–Kier alpha value is -3.20. The molecule has 29 heavy (non-hydrogen) atoms. The molecule has 0 aliphatic heterocycles. The van der Waals surface area contributed by atoms with E-state index in [9.17, 15) is 9.59 Å². The largest absolute Gasteiger partial charge is 0.342 e. The predicted octanol–water partition coefficient (Wildman–Crippen LogP) is 2.74. The number of carbonyl (C=O) groups is 2. The molecule has 0 aliphatic rings. The van der Waals surface area contributed by atoms with Crippen molar-refractivity contribution in [1.82, 2.24) is 25.1 Å². The van der Waals surface area contributed by atoms with E-state index >= 15 is 0 Å². The normalized spacial score (nSPS) is 11.7. The van der Waals surface area contributed by atoms with Gasteiger partial charge in [-0.25, -0.2) is 4.98 Å². The van der Waals surface area contributed by atoms with Gasteiger partial charge in [0.1, 0.15) is 5.82 Å². The molecule has 2 aromatic heterocycles. The van der Waals surface area contributed by atoms with Crippen molar-refractivity contribution in [2.45, 2.75) is 25.0 Å². The topological polar surface area (TPSA) is 102 Å². The van der Waals surface area contributed by atoms with Crippen molar-refractivity contribution >= 4 is 29.4 Å². The average molecular weight is 411 g/mol. The molecule has 3 rings (SSSR count). The highest BCUT2D eigenvalue weighted by atomic mass is 32.2. The third-order valence-corrected chi connectivity index (χ3v) is 5.20. The molecule has 150 valence electrons. The number of benzene rings is 1. The Morgan fingerprint density at radius 3 is 2.59 bits per heavy atom. The molecular weight excluding hydrogens is 388 g/mol. The molecule has 2 heterocycles. The fourth-order valence-electron chi connectivity index (χ4n) is 2.62. The van der Waals surface area contributed by atoms with Crippen molar-refractivity contribution in [2.24, 2.45) is 7.05 Å². The number of aryl methyl sites for hydroxylation is 1. The molecule has 0 spiro atoms. The molecule has 2 amide bonds. The van der Waals surface area contributed by atoms with Gasteiger partial charge in [-0.2, -0.15) is 0 Å². The summed E-state index contributed by atoms with van der Waals surface area (Å²) in [5.41, 5.74) is 1.68. The number of pyridine rings is 1. The second kappa shape index (κ2) is 9.33. The van der Waals surface area contributed by atoms with Gasteiger partial charge >= 0.3 is 0 Å². The number of aromatic nitrogens is 4. The van der Waals surface area contributed by atoms with E-state index in [0.717, 1.165) is 5.56 Å². The minimum absolute atomic E-state index is 0.173. The monoisotopic (exact) mass is 410 g/mol. The van der Waals surface area contributed by atoms with E-state index in [1.165, 1.54) is 11.8 Å². The van der Waals surface area contributed by atoms with Gasteiger partial charge in [-0.15, -0.1) is 10.2 Å². The second-order valence-electron chi connectivity index (χ2n) is 6.51. The molecule has 3 aromatic rings. The molecule has 1 aromatic carbocycles. The van der Waals surface area contributed by atoms with Crippen LogP contribution in [-0.2, 0) is 11.8 Å². The van der Waals surface area contributed by atoms with Crippen molar-refractivity contribution in [3.63, 3.8) is 0 Å². The Kier molecular flexibility index (Phi) is 6.61. The highest BCUT2D eigenvalue weighted by Gasteiger charge is 2.19. The zero-order valence-corrected chi connectivity index (χ0v) is 17.2. The number of thioether (sulfide) groups is 1. The van der Waals surface area contributed by atoms with Gasteiger partial charge < -0.3 is 15.2 Å². The SMILES string of the molecule is Cc1ccc(C(=O)N[C@H](C)c2nnc(SCC(=O)Nc3ccccn3)n2C)cc1. The summed E-state index contributed by atoms with van der Waals surface area (Å²) in [5.74, 6) is 0.929. The van der Waals surface area contributed by atoms with Crippen LogP contribution >= 0.6 is 11.8 Å². The van der Waals surface area contributed by atoms with Crippen molar-refractivity contribution in [2.75, 3.05) is 11.1 Å². The van der Waals surface area contributed by atoms with Crippen molar-refractivity contribution in [1.29, 1.82) is 0 Å². The van der Waals surface area contributed by atoms with Crippen LogP contribution in [0.2, 0.25) is 0 Å². The highest BCUT2D eigenvalue weighted by molar-refractivity contribution is 7.99. The third kappa shape index (κ3) is 5.41. The Morgan fingerprint density at radius 1 is 1.14 bits per heavy atom. The van der Waals surface area contributed by atoms with Gasteiger partial charge in [-0.05, 0) is 38.1 Å². The van der Waals surface area contributed by atoms with Gasteiger partial charge in [0.05, 0.1) is 11.8 Å². The Bertz CT molecular complexity index is 988. The first-order valence-corrected chi connectivity index (χ1v) is 10.0. The van der Waals surface area contributed by atoms with E-state index in [0.29, 0.717) is 22.4 Å². The maximum Gasteiger partial charge on any atom is 0.251 e. The molecule has 0 saturated carbocycles. The highest BCUT2D eigenvalue weighted by Crippen LogP contribution is 2.19. The minimum atomic E-state index is -0.335. The first kappa shape index (κ1) is 20.5. The summed E-state index contributed by atoms with van der Waals surface area (Å²) in [6.45, 7) is 3.82. The summed E-state index contributed by atoms with van der Waals surface area (Å²) >= 11 is 1.27. The average Bonchev–Trinajstić information content (AvgIpc) is 3.08. The summed E-state index contributed by atoms with van der Waals surface area (Å²) in [7, 11) is 1.81.